The highest BCUT2D eigenvalue weighted by Crippen LogP contribution is 2.28. The first-order valence-corrected chi connectivity index (χ1v) is 7.46. The molecule has 4 nitrogen and oxygen atoms in total. The lowest BCUT2D eigenvalue weighted by Crippen LogP contribution is -2.13. The highest BCUT2D eigenvalue weighted by molar-refractivity contribution is 7.11. The lowest BCUT2D eigenvalue weighted by molar-refractivity contribution is 0.100. The van der Waals surface area contributed by atoms with E-state index >= 15 is 0 Å². The van der Waals surface area contributed by atoms with Crippen LogP contribution in [0, 0.1) is 0 Å². The molecule has 1 amide bonds. The maximum atomic E-state index is 11.1. The largest absolute Gasteiger partial charge is 0.377 e. The quantitative estimate of drug-likeness (QED) is 0.947. The number of allylic oxidation sites excluding steroid dienone is 2. The van der Waals surface area contributed by atoms with Crippen molar-refractivity contribution in [3.63, 3.8) is 0 Å². The number of hydrogen-bond donors (Lipinski definition) is 1. The molecule has 1 aromatic heterocycles. The van der Waals surface area contributed by atoms with Gasteiger partial charge in [-0.25, -0.2) is 4.98 Å². The van der Waals surface area contributed by atoms with E-state index in [-0.39, 0.29) is 0 Å². The van der Waals surface area contributed by atoms with Crippen molar-refractivity contribution in [3.05, 3.63) is 58.6 Å². The summed E-state index contributed by atoms with van der Waals surface area (Å²) in [6.07, 6.45) is 6.29. The topological polar surface area (TPSA) is 59.2 Å². The van der Waals surface area contributed by atoms with Crippen molar-refractivity contribution in [2.45, 2.75) is 0 Å². The normalized spacial score (nSPS) is 14.1. The molecule has 5 heteroatoms. The van der Waals surface area contributed by atoms with Gasteiger partial charge in [-0.3, -0.25) is 4.79 Å². The number of benzene rings is 1. The number of carbonyl (C=O) groups excluding carboxylic acids is 1. The van der Waals surface area contributed by atoms with E-state index in [4.69, 9.17) is 5.73 Å². The molecule has 0 saturated carbocycles. The van der Waals surface area contributed by atoms with Crippen molar-refractivity contribution in [3.8, 4) is 11.3 Å². The van der Waals surface area contributed by atoms with Gasteiger partial charge in [-0.1, -0.05) is 18.2 Å². The summed E-state index contributed by atoms with van der Waals surface area (Å²) in [7, 11) is 2.04. The average Bonchev–Trinajstić information content (AvgIpc) is 2.98. The molecule has 106 valence electrons. The molecule has 2 N–H and O–H groups in total. The number of amides is 1. The first kappa shape index (κ1) is 13.6. The Bertz CT molecular complexity index is 728. The second kappa shape index (κ2) is 5.54. The first-order chi connectivity index (χ1) is 10.1. The molecule has 1 aliphatic rings. The molecule has 1 aliphatic heterocycles. The fraction of sp³-hybridized carbons (Fsp3) is 0.125. The molecule has 0 atom stereocenters. The molecule has 2 heterocycles. The van der Waals surface area contributed by atoms with Gasteiger partial charge in [0, 0.05) is 35.7 Å². The molecule has 0 spiro atoms. The Morgan fingerprint density at radius 1 is 1.33 bits per heavy atom. The zero-order chi connectivity index (χ0) is 14.8. The van der Waals surface area contributed by atoms with Gasteiger partial charge in [-0.15, -0.1) is 11.3 Å². The van der Waals surface area contributed by atoms with Crippen molar-refractivity contribution >= 4 is 22.8 Å². The SMILES string of the molecule is CN1C=CC(c2nc(-c3ccc(C(N)=O)cc3)cs2)=CC1. The Labute approximate surface area is 127 Å². The summed E-state index contributed by atoms with van der Waals surface area (Å²) in [6, 6.07) is 7.20. The molecule has 0 aliphatic carbocycles. The number of likely N-dealkylation sites (N-methyl/N-ethyl adjacent to an activating group) is 1. The van der Waals surface area contributed by atoms with E-state index in [1.165, 1.54) is 0 Å². The number of nitrogens with zero attached hydrogens (tertiary/aromatic N) is 2. The third-order valence-electron chi connectivity index (χ3n) is 3.32. The number of hydrogen-bond acceptors (Lipinski definition) is 4. The predicted molar refractivity (Wildman–Crippen MR) is 85.8 cm³/mol. The minimum Gasteiger partial charge on any atom is -0.377 e. The summed E-state index contributed by atoms with van der Waals surface area (Å²) >= 11 is 1.62. The average molecular weight is 297 g/mol. The fourth-order valence-corrected chi connectivity index (χ4v) is 2.93. The highest BCUT2D eigenvalue weighted by Gasteiger charge is 2.10. The molecule has 3 rings (SSSR count). The summed E-state index contributed by atoms with van der Waals surface area (Å²) in [5, 5.41) is 3.04. The van der Waals surface area contributed by atoms with Gasteiger partial charge >= 0.3 is 0 Å². The van der Waals surface area contributed by atoms with Crippen LogP contribution < -0.4 is 5.73 Å². The Hall–Kier alpha value is -2.40. The summed E-state index contributed by atoms with van der Waals surface area (Å²) < 4.78 is 0. The van der Waals surface area contributed by atoms with Crippen molar-refractivity contribution in [1.82, 2.24) is 9.88 Å². The third-order valence-corrected chi connectivity index (χ3v) is 4.22. The van der Waals surface area contributed by atoms with Crippen LogP contribution in [-0.4, -0.2) is 29.4 Å². The van der Waals surface area contributed by atoms with Gasteiger partial charge < -0.3 is 10.6 Å². The summed E-state index contributed by atoms with van der Waals surface area (Å²) in [5.41, 5.74) is 8.81. The van der Waals surface area contributed by atoms with E-state index in [2.05, 4.69) is 28.2 Å². The molecule has 0 unspecified atom stereocenters. The van der Waals surface area contributed by atoms with Crippen molar-refractivity contribution in [2.75, 3.05) is 13.6 Å². The van der Waals surface area contributed by atoms with Gasteiger partial charge in [0.05, 0.1) is 5.69 Å². The van der Waals surface area contributed by atoms with Gasteiger partial charge in [0.15, 0.2) is 0 Å². The number of primary amides is 1. The lowest BCUT2D eigenvalue weighted by Gasteiger charge is -2.15. The molecule has 0 bridgehead atoms. The monoisotopic (exact) mass is 297 g/mol. The van der Waals surface area contributed by atoms with Gasteiger partial charge in [0.1, 0.15) is 5.01 Å². The maximum absolute atomic E-state index is 11.1. The second-order valence-electron chi connectivity index (χ2n) is 4.89. The maximum Gasteiger partial charge on any atom is 0.248 e. The molecule has 0 fully saturated rings. The van der Waals surface area contributed by atoms with E-state index in [1.807, 2.05) is 24.6 Å². The second-order valence-corrected chi connectivity index (χ2v) is 5.75. The molecule has 2 aromatic rings. The van der Waals surface area contributed by atoms with Crippen LogP contribution in [-0.2, 0) is 0 Å². The van der Waals surface area contributed by atoms with Crippen LogP contribution >= 0.6 is 11.3 Å². The van der Waals surface area contributed by atoms with Crippen molar-refractivity contribution < 1.29 is 4.79 Å². The van der Waals surface area contributed by atoms with Crippen molar-refractivity contribution in [1.29, 1.82) is 0 Å². The van der Waals surface area contributed by atoms with Gasteiger partial charge in [-0.2, -0.15) is 0 Å². The molecular weight excluding hydrogens is 282 g/mol. The molecular formula is C16H15N3OS. The molecule has 0 radical (unpaired) electrons. The van der Waals surface area contributed by atoms with Gasteiger partial charge in [0.2, 0.25) is 5.91 Å². The molecule has 0 saturated heterocycles. The van der Waals surface area contributed by atoms with Crippen LogP contribution in [0.25, 0.3) is 16.8 Å². The van der Waals surface area contributed by atoms with E-state index in [0.29, 0.717) is 5.56 Å². The Kier molecular flexibility index (Phi) is 3.58. The smallest absolute Gasteiger partial charge is 0.248 e. The van der Waals surface area contributed by atoms with E-state index < -0.39 is 5.91 Å². The van der Waals surface area contributed by atoms with Crippen LogP contribution in [0.15, 0.2) is 48.0 Å². The number of aromatic nitrogens is 1. The van der Waals surface area contributed by atoms with Crippen LogP contribution in [0.3, 0.4) is 0 Å². The highest BCUT2D eigenvalue weighted by atomic mass is 32.1. The lowest BCUT2D eigenvalue weighted by atomic mass is 10.1. The van der Waals surface area contributed by atoms with Crippen LogP contribution in [0.4, 0.5) is 0 Å². The van der Waals surface area contributed by atoms with Crippen LogP contribution in [0.5, 0.6) is 0 Å². The number of thiazole rings is 1. The summed E-state index contributed by atoms with van der Waals surface area (Å²) in [6.45, 7) is 0.897. The minimum atomic E-state index is -0.415. The third kappa shape index (κ3) is 2.87. The molecule has 1 aromatic carbocycles. The van der Waals surface area contributed by atoms with E-state index in [9.17, 15) is 4.79 Å². The van der Waals surface area contributed by atoms with E-state index in [1.54, 1.807) is 23.5 Å². The van der Waals surface area contributed by atoms with Crippen LogP contribution in [0.2, 0.25) is 0 Å². The zero-order valence-corrected chi connectivity index (χ0v) is 12.4. The summed E-state index contributed by atoms with van der Waals surface area (Å²) in [4.78, 5) is 17.9. The number of rotatable bonds is 3. The zero-order valence-electron chi connectivity index (χ0n) is 11.6. The van der Waals surface area contributed by atoms with Crippen molar-refractivity contribution in [2.24, 2.45) is 5.73 Å². The fourth-order valence-electron chi connectivity index (χ4n) is 2.08. The standard InChI is InChI=1S/C16H15N3OS/c1-19-8-6-13(7-9-19)16-18-14(10-21-16)11-2-4-12(5-3-11)15(17)20/h2-8,10H,9H2,1H3,(H2,17,20). The summed E-state index contributed by atoms with van der Waals surface area (Å²) in [5.74, 6) is -0.415. The Morgan fingerprint density at radius 2 is 2.10 bits per heavy atom. The Balaban J connectivity index is 1.85. The van der Waals surface area contributed by atoms with Gasteiger partial charge in [-0.05, 0) is 24.4 Å². The van der Waals surface area contributed by atoms with E-state index in [0.717, 1.165) is 28.4 Å². The Morgan fingerprint density at radius 3 is 2.71 bits per heavy atom. The predicted octanol–water partition coefficient (Wildman–Crippen LogP) is 2.75. The number of carbonyl (C=O) groups is 1. The van der Waals surface area contributed by atoms with Gasteiger partial charge in [0.25, 0.3) is 0 Å². The molecule has 21 heavy (non-hydrogen) atoms. The first-order valence-electron chi connectivity index (χ1n) is 6.58. The van der Waals surface area contributed by atoms with Crippen LogP contribution in [0.1, 0.15) is 15.4 Å². The minimum absolute atomic E-state index is 0.415. The number of nitrogens with two attached hydrogens (primary N) is 1.